The van der Waals surface area contributed by atoms with E-state index in [9.17, 15) is 4.79 Å². The topological polar surface area (TPSA) is 70.3 Å². The fourth-order valence-electron chi connectivity index (χ4n) is 4.12. The molecular formula is C22H29IN4O3. The van der Waals surface area contributed by atoms with Crippen LogP contribution in [0.15, 0.2) is 52.1 Å². The second kappa shape index (κ2) is 9.28. The molecule has 1 aromatic carbocycles. The monoisotopic (exact) mass is 524 g/mol. The zero-order chi connectivity index (χ0) is 20.4. The highest BCUT2D eigenvalue weighted by Gasteiger charge is 2.53. The smallest absolute Gasteiger partial charge is 0.289 e. The number of carbonyl (C=O) groups is 1. The molecule has 2 aromatic rings. The van der Waals surface area contributed by atoms with Crippen LogP contribution in [0.3, 0.4) is 0 Å². The first-order valence-corrected chi connectivity index (χ1v) is 10.0. The molecule has 162 valence electrons. The number of nitrogens with zero attached hydrogens (tertiary/aromatic N) is 3. The summed E-state index contributed by atoms with van der Waals surface area (Å²) in [5.74, 6) is 2.16. The predicted molar refractivity (Wildman–Crippen MR) is 127 cm³/mol. The molecule has 7 nitrogen and oxygen atoms in total. The number of ether oxygens (including phenoxy) is 1. The molecule has 1 N–H and O–H groups in total. The summed E-state index contributed by atoms with van der Waals surface area (Å²) in [7, 11) is 3.53. The van der Waals surface area contributed by atoms with Gasteiger partial charge < -0.3 is 24.3 Å². The van der Waals surface area contributed by atoms with Crippen molar-refractivity contribution in [3.8, 4) is 5.75 Å². The average Bonchev–Trinajstić information content (AvgIpc) is 3.16. The summed E-state index contributed by atoms with van der Waals surface area (Å²) in [6.07, 6.45) is 2.56. The van der Waals surface area contributed by atoms with E-state index in [2.05, 4.69) is 34.3 Å². The Bertz CT molecular complexity index is 894. The van der Waals surface area contributed by atoms with Gasteiger partial charge in [0.2, 0.25) is 0 Å². The van der Waals surface area contributed by atoms with Gasteiger partial charge in [0.15, 0.2) is 11.7 Å². The lowest BCUT2D eigenvalue weighted by Gasteiger charge is -2.36. The van der Waals surface area contributed by atoms with Crippen molar-refractivity contribution < 1.29 is 13.9 Å². The molecule has 30 heavy (non-hydrogen) atoms. The highest BCUT2D eigenvalue weighted by atomic mass is 127. The van der Waals surface area contributed by atoms with Crippen molar-refractivity contribution in [3.05, 3.63) is 54.0 Å². The van der Waals surface area contributed by atoms with Crippen LogP contribution in [-0.4, -0.2) is 68.0 Å². The van der Waals surface area contributed by atoms with Crippen molar-refractivity contribution >= 4 is 35.8 Å². The minimum Gasteiger partial charge on any atom is -0.496 e. The van der Waals surface area contributed by atoms with Crippen LogP contribution in [0.25, 0.3) is 0 Å². The molecule has 1 saturated carbocycles. The van der Waals surface area contributed by atoms with Gasteiger partial charge in [-0.3, -0.25) is 9.79 Å². The van der Waals surface area contributed by atoms with Gasteiger partial charge in [-0.15, -0.1) is 24.0 Å². The minimum absolute atomic E-state index is 0. The Balaban J connectivity index is 0.00000256. The molecule has 8 heteroatoms. The number of hydrogen-bond donors (Lipinski definition) is 1. The van der Waals surface area contributed by atoms with Crippen LogP contribution >= 0.6 is 24.0 Å². The molecule has 2 atom stereocenters. The third-order valence-corrected chi connectivity index (χ3v) is 6.07. The molecule has 1 aliphatic heterocycles. The predicted octanol–water partition coefficient (Wildman–Crippen LogP) is 2.97. The molecular weight excluding hydrogens is 495 g/mol. The largest absolute Gasteiger partial charge is 0.496 e. The highest BCUT2D eigenvalue weighted by Crippen LogP contribution is 2.51. The first kappa shape index (κ1) is 22.5. The van der Waals surface area contributed by atoms with E-state index in [0.29, 0.717) is 24.9 Å². The lowest BCUT2D eigenvalue weighted by Crippen LogP contribution is -2.54. The maximum absolute atomic E-state index is 12.5. The Morgan fingerprint density at radius 1 is 1.17 bits per heavy atom. The SMILES string of the molecule is CN=C(NC1CC1(C)c1ccccc1OC)N1CCN(C(=O)c2ccco2)CC1.I. The van der Waals surface area contributed by atoms with Crippen molar-refractivity contribution in [1.82, 2.24) is 15.1 Å². The van der Waals surface area contributed by atoms with E-state index in [1.54, 1.807) is 19.2 Å². The second-order valence-electron chi connectivity index (χ2n) is 7.82. The van der Waals surface area contributed by atoms with Crippen LogP contribution in [0.4, 0.5) is 0 Å². The van der Waals surface area contributed by atoms with Gasteiger partial charge in [-0.1, -0.05) is 25.1 Å². The number of hydrogen-bond acceptors (Lipinski definition) is 4. The fraction of sp³-hybridized carbons (Fsp3) is 0.455. The van der Waals surface area contributed by atoms with Crippen LogP contribution in [0.5, 0.6) is 5.75 Å². The number of rotatable bonds is 4. The standard InChI is InChI=1S/C22H28N4O3.HI/c1-22(16-7-4-5-8-17(16)28-3)15-19(22)24-21(23-2)26-12-10-25(11-13-26)20(27)18-9-6-14-29-18;/h4-9,14,19H,10-13,15H2,1-3H3,(H,23,24);1H. The van der Waals surface area contributed by atoms with Crippen molar-refractivity contribution in [2.75, 3.05) is 40.3 Å². The zero-order valence-electron chi connectivity index (χ0n) is 17.6. The highest BCUT2D eigenvalue weighted by molar-refractivity contribution is 14.0. The molecule has 4 rings (SSSR count). The van der Waals surface area contributed by atoms with E-state index in [1.807, 2.05) is 24.1 Å². The van der Waals surface area contributed by atoms with Crippen LogP contribution in [0, 0.1) is 0 Å². The summed E-state index contributed by atoms with van der Waals surface area (Å²) in [6.45, 7) is 5.04. The van der Waals surface area contributed by atoms with E-state index >= 15 is 0 Å². The summed E-state index contributed by atoms with van der Waals surface area (Å²) in [4.78, 5) is 21.0. The average molecular weight is 524 g/mol. The van der Waals surface area contributed by atoms with Crippen molar-refractivity contribution in [2.45, 2.75) is 24.8 Å². The normalized spacial score (nSPS) is 23.6. The molecule has 0 bridgehead atoms. The summed E-state index contributed by atoms with van der Waals surface area (Å²) in [6, 6.07) is 12.0. The number of amides is 1. The third kappa shape index (κ3) is 4.28. The summed E-state index contributed by atoms with van der Waals surface area (Å²) in [5, 5.41) is 3.62. The van der Waals surface area contributed by atoms with E-state index < -0.39 is 0 Å². The number of halogens is 1. The number of furan rings is 1. The minimum atomic E-state index is -0.0523. The van der Waals surface area contributed by atoms with Crippen LogP contribution in [0.1, 0.15) is 29.5 Å². The van der Waals surface area contributed by atoms with Crippen LogP contribution in [0.2, 0.25) is 0 Å². The number of carbonyl (C=O) groups excluding carboxylic acids is 1. The Labute approximate surface area is 194 Å². The maximum atomic E-state index is 12.5. The fourth-order valence-corrected chi connectivity index (χ4v) is 4.12. The van der Waals surface area contributed by atoms with Gasteiger partial charge in [0.1, 0.15) is 5.75 Å². The Hall–Kier alpha value is -2.23. The van der Waals surface area contributed by atoms with E-state index in [0.717, 1.165) is 31.2 Å². The molecule has 0 radical (unpaired) electrons. The molecule has 1 amide bonds. The summed E-state index contributed by atoms with van der Waals surface area (Å²) >= 11 is 0. The van der Waals surface area contributed by atoms with Crippen molar-refractivity contribution in [1.29, 1.82) is 0 Å². The molecule has 2 unspecified atom stereocenters. The van der Waals surface area contributed by atoms with Crippen LogP contribution in [-0.2, 0) is 5.41 Å². The first-order chi connectivity index (χ1) is 14.1. The third-order valence-electron chi connectivity index (χ3n) is 6.07. The Kier molecular flexibility index (Phi) is 6.95. The number of piperazine rings is 1. The molecule has 2 heterocycles. The van der Waals surface area contributed by atoms with Gasteiger partial charge in [0.25, 0.3) is 5.91 Å². The van der Waals surface area contributed by atoms with E-state index in [1.165, 1.54) is 11.8 Å². The first-order valence-electron chi connectivity index (χ1n) is 10.0. The lowest BCUT2D eigenvalue weighted by molar-refractivity contribution is 0.0657. The summed E-state index contributed by atoms with van der Waals surface area (Å²) in [5.41, 5.74) is 1.25. The van der Waals surface area contributed by atoms with E-state index in [-0.39, 0.29) is 35.3 Å². The summed E-state index contributed by atoms with van der Waals surface area (Å²) < 4.78 is 10.8. The number of para-hydroxylation sites is 1. The Morgan fingerprint density at radius 3 is 2.50 bits per heavy atom. The van der Waals surface area contributed by atoms with Gasteiger partial charge in [-0.2, -0.15) is 0 Å². The number of nitrogens with one attached hydrogen (secondary N) is 1. The van der Waals surface area contributed by atoms with Gasteiger partial charge in [-0.05, 0) is 24.6 Å². The number of methoxy groups -OCH3 is 1. The Morgan fingerprint density at radius 2 is 1.87 bits per heavy atom. The van der Waals surface area contributed by atoms with Crippen LogP contribution < -0.4 is 10.1 Å². The van der Waals surface area contributed by atoms with Gasteiger partial charge in [0.05, 0.1) is 13.4 Å². The molecule has 1 saturated heterocycles. The number of benzene rings is 1. The van der Waals surface area contributed by atoms with Gasteiger partial charge in [0, 0.05) is 50.2 Å². The molecule has 0 spiro atoms. The number of guanidine groups is 1. The zero-order valence-corrected chi connectivity index (χ0v) is 20.0. The number of aliphatic imine (C=N–C) groups is 1. The quantitative estimate of drug-likeness (QED) is 0.379. The molecule has 2 aliphatic rings. The van der Waals surface area contributed by atoms with E-state index in [4.69, 9.17) is 9.15 Å². The molecule has 1 aliphatic carbocycles. The van der Waals surface area contributed by atoms with Crippen molar-refractivity contribution in [2.24, 2.45) is 4.99 Å². The lowest BCUT2D eigenvalue weighted by atomic mass is 9.96. The van der Waals surface area contributed by atoms with Gasteiger partial charge >= 0.3 is 0 Å². The van der Waals surface area contributed by atoms with Crippen molar-refractivity contribution in [3.63, 3.8) is 0 Å². The molecule has 1 aromatic heterocycles. The second-order valence-corrected chi connectivity index (χ2v) is 7.82. The molecule has 2 fully saturated rings. The maximum Gasteiger partial charge on any atom is 0.289 e. The van der Waals surface area contributed by atoms with Gasteiger partial charge in [-0.25, -0.2) is 0 Å².